The lowest BCUT2D eigenvalue weighted by molar-refractivity contribution is 0.381. The predicted molar refractivity (Wildman–Crippen MR) is 85.4 cm³/mol. The Morgan fingerprint density at radius 3 is 2.95 bits per heavy atom. The number of hydrogen-bond acceptors (Lipinski definition) is 2. The van der Waals surface area contributed by atoms with Gasteiger partial charge in [0, 0.05) is 12.1 Å². The first-order valence-electron chi connectivity index (χ1n) is 8.17. The van der Waals surface area contributed by atoms with Crippen LogP contribution in [-0.4, -0.2) is 13.2 Å². The maximum atomic E-state index is 5.39. The van der Waals surface area contributed by atoms with E-state index in [1.807, 2.05) is 0 Å². The molecule has 1 N–H and O–H groups in total. The van der Waals surface area contributed by atoms with Gasteiger partial charge in [0.25, 0.3) is 0 Å². The van der Waals surface area contributed by atoms with Crippen LogP contribution in [0.25, 0.3) is 0 Å². The summed E-state index contributed by atoms with van der Waals surface area (Å²) in [5.41, 5.74) is 2.95. The van der Waals surface area contributed by atoms with Gasteiger partial charge in [0.1, 0.15) is 5.75 Å². The van der Waals surface area contributed by atoms with Crippen LogP contribution in [0.2, 0.25) is 0 Å². The Balaban J connectivity index is 2.00. The second-order valence-corrected chi connectivity index (χ2v) is 6.07. The van der Waals surface area contributed by atoms with Crippen LogP contribution in [0.5, 0.6) is 5.75 Å². The minimum Gasteiger partial charge on any atom is -0.497 e. The zero-order chi connectivity index (χ0) is 14.4. The lowest BCUT2D eigenvalue weighted by Gasteiger charge is -2.29. The van der Waals surface area contributed by atoms with E-state index in [9.17, 15) is 0 Å². The summed E-state index contributed by atoms with van der Waals surface area (Å²) in [6.07, 6.45) is 9.02. The zero-order valence-electron chi connectivity index (χ0n) is 13.2. The van der Waals surface area contributed by atoms with E-state index in [0.717, 1.165) is 5.75 Å². The Morgan fingerprint density at radius 1 is 1.35 bits per heavy atom. The van der Waals surface area contributed by atoms with Crippen molar-refractivity contribution in [2.45, 2.75) is 70.9 Å². The molecule has 0 bridgehead atoms. The van der Waals surface area contributed by atoms with Crippen molar-refractivity contribution in [2.24, 2.45) is 0 Å². The van der Waals surface area contributed by atoms with Crippen LogP contribution in [0.3, 0.4) is 0 Å². The highest BCUT2D eigenvalue weighted by molar-refractivity contribution is 5.39. The first-order valence-corrected chi connectivity index (χ1v) is 8.17. The Labute approximate surface area is 123 Å². The first-order chi connectivity index (χ1) is 9.74. The van der Waals surface area contributed by atoms with Crippen molar-refractivity contribution in [3.8, 4) is 5.75 Å². The summed E-state index contributed by atoms with van der Waals surface area (Å²) >= 11 is 0. The van der Waals surface area contributed by atoms with E-state index in [4.69, 9.17) is 4.74 Å². The van der Waals surface area contributed by atoms with Crippen molar-refractivity contribution in [3.05, 3.63) is 29.3 Å². The minimum atomic E-state index is 0.505. The smallest absolute Gasteiger partial charge is 0.119 e. The van der Waals surface area contributed by atoms with E-state index in [2.05, 4.69) is 37.4 Å². The van der Waals surface area contributed by atoms with Gasteiger partial charge in [-0.25, -0.2) is 0 Å². The van der Waals surface area contributed by atoms with Gasteiger partial charge in [-0.05, 0) is 55.9 Å². The first kappa shape index (κ1) is 15.4. The Bertz CT molecular complexity index is 416. The molecule has 112 valence electrons. The minimum absolute atomic E-state index is 0.505. The number of ether oxygens (including phenoxy) is 1. The highest BCUT2D eigenvalue weighted by atomic mass is 16.5. The summed E-state index contributed by atoms with van der Waals surface area (Å²) in [6.45, 7) is 4.59. The van der Waals surface area contributed by atoms with Crippen molar-refractivity contribution < 1.29 is 4.74 Å². The molecule has 0 aliphatic heterocycles. The average molecular weight is 275 g/mol. The molecule has 0 amide bonds. The van der Waals surface area contributed by atoms with E-state index >= 15 is 0 Å². The molecular formula is C18H29NO. The summed E-state index contributed by atoms with van der Waals surface area (Å²) < 4.78 is 5.39. The molecule has 1 aromatic rings. The number of nitrogens with one attached hydrogen (secondary N) is 1. The number of aryl methyl sites for hydroxylation is 1. The van der Waals surface area contributed by atoms with E-state index in [1.165, 1.54) is 56.1 Å². The van der Waals surface area contributed by atoms with Crippen LogP contribution in [0.15, 0.2) is 18.2 Å². The Kier molecular flexibility index (Phi) is 5.90. The zero-order valence-corrected chi connectivity index (χ0v) is 13.2. The highest BCUT2D eigenvalue weighted by Gasteiger charge is 2.21. The average Bonchev–Trinajstić information content (AvgIpc) is 2.47. The molecule has 2 atom stereocenters. The second-order valence-electron chi connectivity index (χ2n) is 6.07. The molecule has 0 aromatic heterocycles. The molecule has 0 saturated carbocycles. The van der Waals surface area contributed by atoms with E-state index < -0.39 is 0 Å². The fourth-order valence-corrected chi connectivity index (χ4v) is 3.20. The van der Waals surface area contributed by atoms with Crippen molar-refractivity contribution >= 4 is 0 Å². The lowest BCUT2D eigenvalue weighted by Crippen LogP contribution is -2.32. The highest BCUT2D eigenvalue weighted by Crippen LogP contribution is 2.32. The van der Waals surface area contributed by atoms with Crippen molar-refractivity contribution in [1.82, 2.24) is 5.32 Å². The molecule has 1 aliphatic carbocycles. The molecule has 0 saturated heterocycles. The van der Waals surface area contributed by atoms with Crippen molar-refractivity contribution in [2.75, 3.05) is 7.11 Å². The van der Waals surface area contributed by atoms with Crippen molar-refractivity contribution in [1.29, 1.82) is 0 Å². The van der Waals surface area contributed by atoms with Gasteiger partial charge in [-0.1, -0.05) is 32.3 Å². The van der Waals surface area contributed by atoms with Crippen LogP contribution < -0.4 is 10.1 Å². The quantitative estimate of drug-likeness (QED) is 0.732. The van der Waals surface area contributed by atoms with Gasteiger partial charge in [0.05, 0.1) is 7.11 Å². The fraction of sp³-hybridized carbons (Fsp3) is 0.667. The Morgan fingerprint density at radius 2 is 2.20 bits per heavy atom. The van der Waals surface area contributed by atoms with Crippen LogP contribution >= 0.6 is 0 Å². The molecule has 2 unspecified atom stereocenters. The number of rotatable bonds is 7. The summed E-state index contributed by atoms with van der Waals surface area (Å²) in [5.74, 6) is 0.982. The third-order valence-corrected chi connectivity index (χ3v) is 4.39. The largest absolute Gasteiger partial charge is 0.497 e. The van der Waals surface area contributed by atoms with Gasteiger partial charge in [0.15, 0.2) is 0 Å². The molecule has 0 radical (unpaired) electrons. The monoisotopic (exact) mass is 275 g/mol. The molecule has 0 spiro atoms. The maximum Gasteiger partial charge on any atom is 0.119 e. The molecule has 1 aromatic carbocycles. The summed E-state index contributed by atoms with van der Waals surface area (Å²) in [5, 5.41) is 3.83. The Hall–Kier alpha value is -1.02. The molecule has 0 heterocycles. The molecular weight excluding hydrogens is 246 g/mol. The summed E-state index contributed by atoms with van der Waals surface area (Å²) in [4.78, 5) is 0. The number of benzene rings is 1. The number of fused-ring (bicyclic) bond motifs is 1. The lowest BCUT2D eigenvalue weighted by atomic mass is 9.87. The van der Waals surface area contributed by atoms with Crippen LogP contribution in [0.1, 0.15) is 69.5 Å². The standard InChI is InChI=1S/C18H29NO/c1-4-5-6-8-14(2)19-18-10-7-9-15-11-12-16(20-3)13-17(15)18/h11-14,18-19H,4-10H2,1-3H3. The van der Waals surface area contributed by atoms with Gasteiger partial charge in [-0.15, -0.1) is 0 Å². The predicted octanol–water partition coefficient (Wildman–Crippen LogP) is 4.63. The molecule has 2 heteroatoms. The van der Waals surface area contributed by atoms with Gasteiger partial charge in [-0.2, -0.15) is 0 Å². The molecule has 0 fully saturated rings. The normalized spacial score (nSPS) is 19.4. The van der Waals surface area contributed by atoms with Gasteiger partial charge >= 0.3 is 0 Å². The van der Waals surface area contributed by atoms with Gasteiger partial charge in [-0.3, -0.25) is 0 Å². The molecule has 1 aliphatic rings. The third kappa shape index (κ3) is 3.99. The molecule has 20 heavy (non-hydrogen) atoms. The van der Waals surface area contributed by atoms with Crippen LogP contribution in [0, 0.1) is 0 Å². The molecule has 2 nitrogen and oxygen atoms in total. The van der Waals surface area contributed by atoms with Crippen LogP contribution in [0.4, 0.5) is 0 Å². The maximum absolute atomic E-state index is 5.39. The van der Waals surface area contributed by atoms with Crippen LogP contribution in [-0.2, 0) is 6.42 Å². The third-order valence-electron chi connectivity index (χ3n) is 4.39. The number of unbranched alkanes of at least 4 members (excludes halogenated alkanes) is 2. The van der Waals surface area contributed by atoms with E-state index in [-0.39, 0.29) is 0 Å². The van der Waals surface area contributed by atoms with Gasteiger partial charge < -0.3 is 10.1 Å². The fourth-order valence-electron chi connectivity index (χ4n) is 3.20. The van der Waals surface area contributed by atoms with E-state index in [1.54, 1.807) is 7.11 Å². The van der Waals surface area contributed by atoms with Crippen molar-refractivity contribution in [3.63, 3.8) is 0 Å². The summed E-state index contributed by atoms with van der Waals surface area (Å²) in [6, 6.07) is 7.66. The number of methoxy groups -OCH3 is 1. The number of hydrogen-bond donors (Lipinski definition) is 1. The SMILES string of the molecule is CCCCCC(C)NC1CCCc2ccc(OC)cc21. The van der Waals surface area contributed by atoms with Gasteiger partial charge in [0.2, 0.25) is 0 Å². The topological polar surface area (TPSA) is 21.3 Å². The van der Waals surface area contributed by atoms with E-state index in [0.29, 0.717) is 12.1 Å². The second kappa shape index (κ2) is 7.68. The summed E-state index contributed by atoms with van der Waals surface area (Å²) in [7, 11) is 1.75. The molecule has 2 rings (SSSR count).